The summed E-state index contributed by atoms with van der Waals surface area (Å²) in [7, 11) is 0. The van der Waals surface area contributed by atoms with Crippen LogP contribution in [-0.4, -0.2) is 12.9 Å². The van der Waals surface area contributed by atoms with Gasteiger partial charge in [0.15, 0.2) is 0 Å². The number of benzene rings is 1. The maximum Gasteiger partial charge on any atom is 0.573 e. The van der Waals surface area contributed by atoms with Crippen molar-refractivity contribution in [2.24, 2.45) is 5.73 Å². The number of nitrogens with two attached hydrogens (primary N) is 1. The Morgan fingerprint density at radius 3 is 2.65 bits per heavy atom. The van der Waals surface area contributed by atoms with Crippen LogP contribution in [0.1, 0.15) is 5.56 Å². The van der Waals surface area contributed by atoms with Gasteiger partial charge in [-0.3, -0.25) is 0 Å². The van der Waals surface area contributed by atoms with Gasteiger partial charge in [-0.1, -0.05) is 12.1 Å². The molecule has 6 heteroatoms. The monoisotopic (exact) mass is 249 g/mol. The van der Waals surface area contributed by atoms with Crippen LogP contribution < -0.4 is 10.5 Å². The number of rotatable bonds is 4. The zero-order chi connectivity index (χ0) is 12.9. The van der Waals surface area contributed by atoms with Gasteiger partial charge in [0.1, 0.15) is 11.6 Å². The number of ether oxygens (including phenoxy) is 1. The van der Waals surface area contributed by atoms with Crippen LogP contribution in [0.2, 0.25) is 0 Å². The highest BCUT2D eigenvalue weighted by Gasteiger charge is 2.30. The number of alkyl halides is 3. The maximum absolute atomic E-state index is 12.7. The Balaban J connectivity index is 2.73. The van der Waals surface area contributed by atoms with E-state index in [4.69, 9.17) is 5.73 Å². The largest absolute Gasteiger partial charge is 0.573 e. The summed E-state index contributed by atoms with van der Waals surface area (Å²) in [6, 6.07) is 5.36. The van der Waals surface area contributed by atoms with E-state index in [-0.39, 0.29) is 18.7 Å². The molecule has 0 aliphatic rings. The molecule has 1 rings (SSSR count). The van der Waals surface area contributed by atoms with Crippen LogP contribution >= 0.6 is 0 Å². The van der Waals surface area contributed by atoms with Gasteiger partial charge < -0.3 is 10.5 Å². The van der Waals surface area contributed by atoms with Crippen molar-refractivity contribution in [3.05, 3.63) is 41.7 Å². The molecule has 0 fully saturated rings. The minimum absolute atomic E-state index is 0.165. The summed E-state index contributed by atoms with van der Waals surface area (Å²) in [6.45, 7) is -0.223. The van der Waals surface area contributed by atoms with Crippen LogP contribution in [0.3, 0.4) is 0 Å². The second-order valence-corrected chi connectivity index (χ2v) is 3.25. The molecule has 0 atom stereocenters. The van der Waals surface area contributed by atoms with E-state index >= 15 is 0 Å². The molecule has 0 aliphatic heterocycles. The van der Waals surface area contributed by atoms with E-state index in [1.807, 2.05) is 0 Å². The summed E-state index contributed by atoms with van der Waals surface area (Å²) in [5.41, 5.74) is 5.54. The van der Waals surface area contributed by atoms with Crippen molar-refractivity contribution in [2.45, 2.75) is 12.8 Å². The topological polar surface area (TPSA) is 35.2 Å². The van der Waals surface area contributed by atoms with Crippen LogP contribution in [0, 0.1) is 0 Å². The zero-order valence-electron chi connectivity index (χ0n) is 8.80. The maximum atomic E-state index is 12.7. The van der Waals surface area contributed by atoms with Gasteiger partial charge in [-0.15, -0.1) is 13.2 Å². The molecule has 2 nitrogen and oxygen atoms in total. The first-order chi connectivity index (χ1) is 7.90. The second-order valence-electron chi connectivity index (χ2n) is 3.25. The van der Waals surface area contributed by atoms with Crippen molar-refractivity contribution >= 4 is 0 Å². The van der Waals surface area contributed by atoms with Gasteiger partial charge in [-0.05, 0) is 30.2 Å². The number of allylic oxidation sites excluding steroid dienone is 1. The fourth-order valence-electron chi connectivity index (χ4n) is 1.18. The minimum atomic E-state index is -4.73. The molecule has 0 unspecified atom stereocenters. The summed E-state index contributed by atoms with van der Waals surface area (Å²) in [4.78, 5) is 0. The van der Waals surface area contributed by atoms with E-state index < -0.39 is 12.2 Å². The first-order valence-corrected chi connectivity index (χ1v) is 4.80. The predicted molar refractivity (Wildman–Crippen MR) is 55.1 cm³/mol. The standard InChI is InChI=1S/C11H11F4NO/c12-9(7-16)5-4-8-2-1-3-10(6-8)17-11(13,14)15/h1-3,5-6H,4,7,16H2. The van der Waals surface area contributed by atoms with Crippen LogP contribution in [0.25, 0.3) is 0 Å². The smallest absolute Gasteiger partial charge is 0.406 e. The molecule has 0 amide bonds. The zero-order valence-corrected chi connectivity index (χ0v) is 8.80. The van der Waals surface area contributed by atoms with E-state index in [0.717, 1.165) is 0 Å². The van der Waals surface area contributed by atoms with Crippen LogP contribution in [0.15, 0.2) is 36.2 Å². The summed E-state index contributed by atoms with van der Waals surface area (Å²) >= 11 is 0. The van der Waals surface area contributed by atoms with Gasteiger partial charge in [0.25, 0.3) is 0 Å². The fraction of sp³-hybridized carbons (Fsp3) is 0.273. The number of hydrogen-bond donors (Lipinski definition) is 1. The predicted octanol–water partition coefficient (Wildman–Crippen LogP) is 2.94. The Morgan fingerprint density at radius 2 is 2.06 bits per heavy atom. The van der Waals surface area contributed by atoms with Gasteiger partial charge in [0, 0.05) is 6.54 Å². The average molecular weight is 249 g/mol. The molecule has 0 saturated heterocycles. The van der Waals surface area contributed by atoms with Gasteiger partial charge >= 0.3 is 6.36 Å². The van der Waals surface area contributed by atoms with Crippen molar-refractivity contribution < 1.29 is 22.3 Å². The SMILES string of the molecule is NCC(F)=CCc1cccc(OC(F)(F)F)c1. The second kappa shape index (κ2) is 5.67. The summed E-state index contributed by atoms with van der Waals surface area (Å²) < 4.78 is 52.2. The molecule has 0 spiro atoms. The lowest BCUT2D eigenvalue weighted by Crippen LogP contribution is -2.17. The van der Waals surface area contributed by atoms with Crippen molar-refractivity contribution in [1.29, 1.82) is 0 Å². The van der Waals surface area contributed by atoms with E-state index in [0.29, 0.717) is 5.56 Å². The Labute approximate surface area is 95.7 Å². The first-order valence-electron chi connectivity index (χ1n) is 4.80. The van der Waals surface area contributed by atoms with E-state index in [2.05, 4.69) is 4.74 Å². The molecule has 17 heavy (non-hydrogen) atoms. The molecule has 0 aliphatic carbocycles. The Bertz CT molecular complexity index is 401. The number of halogens is 4. The third kappa shape index (κ3) is 5.35. The molecule has 0 heterocycles. The molecule has 0 aromatic heterocycles. The summed E-state index contributed by atoms with van der Waals surface area (Å²) in [5, 5.41) is 0. The minimum Gasteiger partial charge on any atom is -0.406 e. The third-order valence-electron chi connectivity index (χ3n) is 1.89. The lowest BCUT2D eigenvalue weighted by molar-refractivity contribution is -0.274. The molecule has 2 N–H and O–H groups in total. The first kappa shape index (κ1) is 13.5. The van der Waals surface area contributed by atoms with Gasteiger partial charge in [0.05, 0.1) is 0 Å². The molecule has 0 saturated carbocycles. The lowest BCUT2D eigenvalue weighted by Gasteiger charge is -2.09. The summed E-state index contributed by atoms with van der Waals surface area (Å²) in [6.07, 6.45) is -3.35. The Kier molecular flexibility index (Phi) is 4.51. The highest BCUT2D eigenvalue weighted by molar-refractivity contribution is 5.30. The normalized spacial score (nSPS) is 12.6. The van der Waals surface area contributed by atoms with Crippen molar-refractivity contribution in [3.8, 4) is 5.75 Å². The van der Waals surface area contributed by atoms with E-state index in [9.17, 15) is 17.6 Å². The molecule has 0 radical (unpaired) electrons. The van der Waals surface area contributed by atoms with Crippen molar-refractivity contribution in [3.63, 3.8) is 0 Å². The molecule has 0 bridgehead atoms. The third-order valence-corrected chi connectivity index (χ3v) is 1.89. The number of hydrogen-bond acceptors (Lipinski definition) is 2. The molecule has 1 aromatic carbocycles. The van der Waals surface area contributed by atoms with Gasteiger partial charge in [0.2, 0.25) is 0 Å². The van der Waals surface area contributed by atoms with Crippen molar-refractivity contribution in [2.75, 3.05) is 6.54 Å². The molecule has 94 valence electrons. The van der Waals surface area contributed by atoms with Crippen molar-refractivity contribution in [1.82, 2.24) is 0 Å². The average Bonchev–Trinajstić information content (AvgIpc) is 2.24. The molecular weight excluding hydrogens is 238 g/mol. The van der Waals surface area contributed by atoms with E-state index in [1.54, 1.807) is 6.07 Å². The molecular formula is C11H11F4NO. The molecule has 1 aromatic rings. The Hall–Kier alpha value is -1.56. The van der Waals surface area contributed by atoms with Gasteiger partial charge in [-0.25, -0.2) is 4.39 Å². The fourth-order valence-corrected chi connectivity index (χ4v) is 1.18. The van der Waals surface area contributed by atoms with Crippen LogP contribution in [0.5, 0.6) is 5.75 Å². The van der Waals surface area contributed by atoms with Crippen LogP contribution in [0.4, 0.5) is 17.6 Å². The van der Waals surface area contributed by atoms with E-state index in [1.165, 1.54) is 24.3 Å². The summed E-state index contributed by atoms with van der Waals surface area (Å²) in [5.74, 6) is -0.830. The van der Waals surface area contributed by atoms with Gasteiger partial charge in [-0.2, -0.15) is 0 Å². The Morgan fingerprint density at radius 1 is 1.35 bits per heavy atom. The highest BCUT2D eigenvalue weighted by Crippen LogP contribution is 2.23. The lowest BCUT2D eigenvalue weighted by atomic mass is 10.1. The highest BCUT2D eigenvalue weighted by atomic mass is 19.4. The van der Waals surface area contributed by atoms with Crippen LogP contribution in [-0.2, 0) is 6.42 Å². The quantitative estimate of drug-likeness (QED) is 0.832.